The summed E-state index contributed by atoms with van der Waals surface area (Å²) in [4.78, 5) is 17.4. The van der Waals surface area contributed by atoms with Crippen molar-refractivity contribution in [3.05, 3.63) is 29.8 Å². The number of carbonyl (C=O) groups is 1. The lowest BCUT2D eigenvalue weighted by Crippen LogP contribution is -2.44. The van der Waals surface area contributed by atoms with Gasteiger partial charge in [-0.1, -0.05) is 12.5 Å². The molecule has 0 bridgehead atoms. The van der Waals surface area contributed by atoms with Crippen molar-refractivity contribution in [2.45, 2.75) is 45.1 Å². The van der Waals surface area contributed by atoms with Gasteiger partial charge in [-0.15, -0.1) is 0 Å². The fourth-order valence-corrected chi connectivity index (χ4v) is 3.24. The van der Waals surface area contributed by atoms with Crippen LogP contribution in [0.15, 0.2) is 23.2 Å². The number of ether oxygens (including phenoxy) is 1. The van der Waals surface area contributed by atoms with E-state index in [2.05, 4.69) is 20.4 Å². The number of rotatable bonds is 9. The molecule has 156 valence electrons. The average Bonchev–Trinajstić information content (AvgIpc) is 3.12. The molecule has 1 aliphatic rings. The molecule has 1 heterocycles. The SMILES string of the molecule is CCNC(=NCCCCCC(=O)OC)NC1CCN(c2c(F)cccc2F)C1. The Hall–Kier alpha value is -2.38. The van der Waals surface area contributed by atoms with E-state index in [1.54, 1.807) is 4.90 Å². The second-order valence-electron chi connectivity index (χ2n) is 6.79. The zero-order valence-corrected chi connectivity index (χ0v) is 16.6. The first-order valence-electron chi connectivity index (χ1n) is 9.85. The molecule has 2 N–H and O–H groups in total. The van der Waals surface area contributed by atoms with Gasteiger partial charge in [-0.2, -0.15) is 0 Å². The molecule has 0 aliphatic carbocycles. The van der Waals surface area contributed by atoms with Gasteiger partial charge in [-0.25, -0.2) is 8.78 Å². The number of methoxy groups -OCH3 is 1. The highest BCUT2D eigenvalue weighted by atomic mass is 19.1. The molecular weight excluding hydrogens is 366 g/mol. The molecule has 8 heteroatoms. The van der Waals surface area contributed by atoms with Gasteiger partial charge < -0.3 is 20.3 Å². The molecule has 1 unspecified atom stereocenters. The third-order valence-electron chi connectivity index (χ3n) is 4.66. The van der Waals surface area contributed by atoms with E-state index < -0.39 is 11.6 Å². The Labute approximate surface area is 165 Å². The Kier molecular flexibility index (Phi) is 8.97. The van der Waals surface area contributed by atoms with Crippen molar-refractivity contribution in [3.8, 4) is 0 Å². The molecule has 0 radical (unpaired) electrons. The number of unbranched alkanes of at least 4 members (excludes halogenated alkanes) is 2. The molecule has 0 aromatic heterocycles. The number of nitrogens with zero attached hydrogens (tertiary/aromatic N) is 2. The number of guanidine groups is 1. The number of hydrogen-bond donors (Lipinski definition) is 2. The van der Waals surface area contributed by atoms with Crippen LogP contribution in [0.2, 0.25) is 0 Å². The van der Waals surface area contributed by atoms with Gasteiger partial charge in [-0.3, -0.25) is 9.79 Å². The van der Waals surface area contributed by atoms with E-state index in [0.29, 0.717) is 32.0 Å². The molecule has 1 fully saturated rings. The highest BCUT2D eigenvalue weighted by molar-refractivity contribution is 5.80. The molecular formula is C20H30F2N4O2. The Morgan fingerprint density at radius 2 is 2.04 bits per heavy atom. The van der Waals surface area contributed by atoms with Crippen LogP contribution in [0.25, 0.3) is 0 Å². The number of nitrogens with one attached hydrogen (secondary N) is 2. The van der Waals surface area contributed by atoms with Gasteiger partial charge in [0.15, 0.2) is 5.96 Å². The molecule has 6 nitrogen and oxygen atoms in total. The minimum Gasteiger partial charge on any atom is -0.469 e. The minimum absolute atomic E-state index is 0.0411. The Bertz CT molecular complexity index is 649. The van der Waals surface area contributed by atoms with Crippen molar-refractivity contribution in [2.24, 2.45) is 4.99 Å². The molecule has 0 spiro atoms. The summed E-state index contributed by atoms with van der Waals surface area (Å²) in [5, 5.41) is 6.56. The molecule has 2 rings (SSSR count). The monoisotopic (exact) mass is 396 g/mol. The Balaban J connectivity index is 1.81. The summed E-state index contributed by atoms with van der Waals surface area (Å²) in [5.41, 5.74) is 0.0411. The fraction of sp³-hybridized carbons (Fsp3) is 0.600. The average molecular weight is 396 g/mol. The number of aliphatic imine (C=N–C) groups is 1. The molecule has 0 saturated carbocycles. The number of anilines is 1. The number of halogens is 2. The van der Waals surface area contributed by atoms with Crippen molar-refractivity contribution >= 4 is 17.6 Å². The summed E-state index contributed by atoms with van der Waals surface area (Å²) in [5.74, 6) is -0.548. The smallest absolute Gasteiger partial charge is 0.305 e. The third-order valence-corrected chi connectivity index (χ3v) is 4.66. The Morgan fingerprint density at radius 3 is 2.71 bits per heavy atom. The number of carbonyl (C=O) groups excluding carboxylic acids is 1. The largest absolute Gasteiger partial charge is 0.469 e. The van der Waals surface area contributed by atoms with E-state index >= 15 is 0 Å². The van der Waals surface area contributed by atoms with Crippen LogP contribution in [0.4, 0.5) is 14.5 Å². The van der Waals surface area contributed by atoms with Gasteiger partial charge in [0.1, 0.15) is 17.3 Å². The highest BCUT2D eigenvalue weighted by Crippen LogP contribution is 2.26. The normalized spacial score (nSPS) is 16.9. The fourth-order valence-electron chi connectivity index (χ4n) is 3.24. The lowest BCUT2D eigenvalue weighted by atomic mass is 10.2. The molecule has 1 aromatic carbocycles. The summed E-state index contributed by atoms with van der Waals surface area (Å²) < 4.78 is 32.6. The molecule has 0 amide bonds. The predicted octanol–water partition coefficient (Wildman–Crippen LogP) is 2.83. The predicted molar refractivity (Wildman–Crippen MR) is 107 cm³/mol. The van der Waals surface area contributed by atoms with Crippen LogP contribution >= 0.6 is 0 Å². The van der Waals surface area contributed by atoms with E-state index in [0.717, 1.165) is 32.2 Å². The first-order valence-corrected chi connectivity index (χ1v) is 9.85. The second-order valence-corrected chi connectivity index (χ2v) is 6.79. The molecule has 1 aromatic rings. The standard InChI is InChI=1S/C20H30F2N4O2/c1-3-23-20(24-12-6-4-5-10-18(27)28-2)25-15-11-13-26(14-15)19-16(21)8-7-9-17(19)22/h7-9,15H,3-6,10-14H2,1-2H3,(H2,23,24,25). The first kappa shape index (κ1) is 21.9. The van der Waals surface area contributed by atoms with Crippen molar-refractivity contribution in [3.63, 3.8) is 0 Å². The van der Waals surface area contributed by atoms with Crippen molar-refractivity contribution in [2.75, 3.05) is 38.2 Å². The number of hydrogen-bond acceptors (Lipinski definition) is 4. The van der Waals surface area contributed by atoms with Crippen molar-refractivity contribution < 1.29 is 18.3 Å². The van der Waals surface area contributed by atoms with Gasteiger partial charge in [0.25, 0.3) is 0 Å². The highest BCUT2D eigenvalue weighted by Gasteiger charge is 2.27. The van der Waals surface area contributed by atoms with Gasteiger partial charge in [0, 0.05) is 38.6 Å². The molecule has 28 heavy (non-hydrogen) atoms. The minimum atomic E-state index is -0.534. The lowest BCUT2D eigenvalue weighted by Gasteiger charge is -2.21. The van der Waals surface area contributed by atoms with E-state index in [1.807, 2.05) is 6.92 Å². The van der Waals surface area contributed by atoms with E-state index in [9.17, 15) is 13.6 Å². The lowest BCUT2D eigenvalue weighted by molar-refractivity contribution is -0.140. The maximum atomic E-state index is 14.0. The third kappa shape index (κ3) is 6.65. The van der Waals surface area contributed by atoms with E-state index in [1.165, 1.54) is 25.3 Å². The summed E-state index contributed by atoms with van der Waals surface area (Å²) in [7, 11) is 1.39. The topological polar surface area (TPSA) is 66.0 Å². The quantitative estimate of drug-likeness (QED) is 0.291. The number of esters is 1. The summed E-state index contributed by atoms with van der Waals surface area (Å²) >= 11 is 0. The summed E-state index contributed by atoms with van der Waals surface area (Å²) in [6, 6.07) is 4.01. The van der Waals surface area contributed by atoms with Gasteiger partial charge >= 0.3 is 5.97 Å². The number of para-hydroxylation sites is 1. The maximum Gasteiger partial charge on any atom is 0.305 e. The number of benzene rings is 1. The zero-order chi connectivity index (χ0) is 20.4. The molecule has 1 aliphatic heterocycles. The van der Waals surface area contributed by atoms with Crippen LogP contribution in [-0.2, 0) is 9.53 Å². The van der Waals surface area contributed by atoms with Crippen LogP contribution in [0.5, 0.6) is 0 Å². The summed E-state index contributed by atoms with van der Waals surface area (Å²) in [6.07, 6.45) is 3.78. The van der Waals surface area contributed by atoms with Gasteiger partial charge in [0.05, 0.1) is 7.11 Å². The zero-order valence-electron chi connectivity index (χ0n) is 16.6. The second kappa shape index (κ2) is 11.5. The summed E-state index contributed by atoms with van der Waals surface area (Å²) in [6.45, 7) is 4.47. The van der Waals surface area contributed by atoms with Gasteiger partial charge in [-0.05, 0) is 38.3 Å². The van der Waals surface area contributed by atoms with Crippen LogP contribution in [-0.4, -0.2) is 51.3 Å². The molecule has 1 atom stereocenters. The van der Waals surface area contributed by atoms with Crippen LogP contribution in [0.3, 0.4) is 0 Å². The first-order chi connectivity index (χ1) is 13.5. The Morgan fingerprint density at radius 1 is 1.29 bits per heavy atom. The van der Waals surface area contributed by atoms with E-state index in [-0.39, 0.29) is 17.7 Å². The van der Waals surface area contributed by atoms with Crippen LogP contribution in [0, 0.1) is 11.6 Å². The van der Waals surface area contributed by atoms with Gasteiger partial charge in [0.2, 0.25) is 0 Å². The van der Waals surface area contributed by atoms with Crippen molar-refractivity contribution in [1.29, 1.82) is 0 Å². The van der Waals surface area contributed by atoms with Crippen LogP contribution in [0.1, 0.15) is 39.0 Å². The van der Waals surface area contributed by atoms with Crippen LogP contribution < -0.4 is 15.5 Å². The molecule has 1 saturated heterocycles. The maximum absolute atomic E-state index is 14.0. The van der Waals surface area contributed by atoms with Crippen molar-refractivity contribution in [1.82, 2.24) is 10.6 Å². The van der Waals surface area contributed by atoms with E-state index in [4.69, 9.17) is 0 Å².